The Morgan fingerprint density at radius 1 is 1.08 bits per heavy atom. The van der Waals surface area contributed by atoms with Gasteiger partial charge in [0.25, 0.3) is 0 Å². The minimum Gasteiger partial charge on any atom is -0.444 e. The second-order valence-electron chi connectivity index (χ2n) is 6.84. The molecule has 0 atom stereocenters. The minimum atomic E-state index is -0.489. The molecule has 1 heterocycles. The minimum absolute atomic E-state index is 0.402. The fourth-order valence-corrected chi connectivity index (χ4v) is 2.58. The van der Waals surface area contributed by atoms with Crippen molar-refractivity contribution in [3.05, 3.63) is 60.3 Å². The predicted molar refractivity (Wildman–Crippen MR) is 96.8 cm³/mol. The summed E-state index contributed by atoms with van der Waals surface area (Å²) in [5, 5.41) is 3.99. The van der Waals surface area contributed by atoms with E-state index >= 15 is 0 Å². The predicted octanol–water partition coefficient (Wildman–Crippen LogP) is 4.86. The molecule has 3 aromatic rings. The highest BCUT2D eigenvalue weighted by atomic mass is 16.6. The van der Waals surface area contributed by atoms with Crippen molar-refractivity contribution in [1.82, 2.24) is 10.3 Å². The number of carbonyl (C=O) groups is 1. The molecule has 0 radical (unpaired) electrons. The van der Waals surface area contributed by atoms with E-state index in [4.69, 9.17) is 4.74 Å². The molecule has 0 saturated heterocycles. The van der Waals surface area contributed by atoms with Crippen LogP contribution < -0.4 is 5.32 Å². The maximum Gasteiger partial charge on any atom is 0.407 e. The summed E-state index contributed by atoms with van der Waals surface area (Å²) >= 11 is 0. The van der Waals surface area contributed by atoms with Crippen LogP contribution in [-0.4, -0.2) is 16.7 Å². The molecule has 0 saturated carbocycles. The fraction of sp³-hybridized carbons (Fsp3) is 0.250. The molecule has 4 heteroatoms. The van der Waals surface area contributed by atoms with E-state index < -0.39 is 11.7 Å². The van der Waals surface area contributed by atoms with Gasteiger partial charge in [-0.3, -0.25) is 0 Å². The first-order valence-corrected chi connectivity index (χ1v) is 8.04. The Hall–Kier alpha value is -2.75. The van der Waals surface area contributed by atoms with Crippen LogP contribution >= 0.6 is 0 Å². The van der Waals surface area contributed by atoms with E-state index in [-0.39, 0.29) is 0 Å². The standard InChI is InChI=1S/C20H22N2O2/c1-20(2,3)24-19(23)22-13-14-5-4-6-16(11-14)17-8-7-15-9-10-21-18(15)12-17/h4-12,21H,13H2,1-3H3,(H,22,23). The average Bonchev–Trinajstić information content (AvgIpc) is 2.99. The van der Waals surface area contributed by atoms with Gasteiger partial charge < -0.3 is 15.0 Å². The molecule has 124 valence electrons. The lowest BCUT2D eigenvalue weighted by Gasteiger charge is -2.19. The van der Waals surface area contributed by atoms with Crippen molar-refractivity contribution in [3.63, 3.8) is 0 Å². The number of H-pyrrole nitrogens is 1. The molecule has 24 heavy (non-hydrogen) atoms. The summed E-state index contributed by atoms with van der Waals surface area (Å²) in [5.74, 6) is 0. The SMILES string of the molecule is CC(C)(C)OC(=O)NCc1cccc(-c2ccc3cc[nH]c3c2)c1. The number of nitrogens with one attached hydrogen (secondary N) is 2. The lowest BCUT2D eigenvalue weighted by atomic mass is 10.0. The van der Waals surface area contributed by atoms with Gasteiger partial charge in [-0.15, -0.1) is 0 Å². The van der Waals surface area contributed by atoms with E-state index in [2.05, 4.69) is 46.7 Å². The summed E-state index contributed by atoms with van der Waals surface area (Å²) in [4.78, 5) is 15.0. The molecule has 2 aromatic carbocycles. The second kappa shape index (κ2) is 6.40. The first-order valence-electron chi connectivity index (χ1n) is 8.04. The zero-order valence-corrected chi connectivity index (χ0v) is 14.2. The molecule has 0 fully saturated rings. The van der Waals surface area contributed by atoms with Crippen LogP contribution in [0.5, 0.6) is 0 Å². The number of benzene rings is 2. The van der Waals surface area contributed by atoms with Gasteiger partial charge in [-0.05, 0) is 61.0 Å². The van der Waals surface area contributed by atoms with Gasteiger partial charge in [0.2, 0.25) is 0 Å². The Balaban J connectivity index is 1.73. The lowest BCUT2D eigenvalue weighted by molar-refractivity contribution is 0.0523. The molecule has 3 rings (SSSR count). The number of rotatable bonds is 3. The van der Waals surface area contributed by atoms with Gasteiger partial charge in [-0.25, -0.2) is 4.79 Å². The maximum atomic E-state index is 11.8. The highest BCUT2D eigenvalue weighted by molar-refractivity contribution is 5.84. The zero-order valence-electron chi connectivity index (χ0n) is 14.2. The second-order valence-corrected chi connectivity index (χ2v) is 6.84. The molecular weight excluding hydrogens is 300 g/mol. The average molecular weight is 322 g/mol. The van der Waals surface area contributed by atoms with Crippen LogP contribution in [-0.2, 0) is 11.3 Å². The van der Waals surface area contributed by atoms with Crippen molar-refractivity contribution >= 4 is 17.0 Å². The van der Waals surface area contributed by atoms with Crippen LogP contribution in [0.4, 0.5) is 4.79 Å². The third-order valence-electron chi connectivity index (χ3n) is 3.65. The first-order chi connectivity index (χ1) is 11.4. The van der Waals surface area contributed by atoms with E-state index in [1.54, 1.807) is 0 Å². The summed E-state index contributed by atoms with van der Waals surface area (Å²) in [6, 6.07) is 16.6. The zero-order chi connectivity index (χ0) is 17.2. The van der Waals surface area contributed by atoms with Gasteiger partial charge >= 0.3 is 6.09 Å². The number of hydrogen-bond acceptors (Lipinski definition) is 2. The van der Waals surface area contributed by atoms with Crippen LogP contribution in [0.25, 0.3) is 22.0 Å². The molecule has 0 unspecified atom stereocenters. The Kier molecular flexibility index (Phi) is 4.30. The van der Waals surface area contributed by atoms with Crippen molar-refractivity contribution in [2.24, 2.45) is 0 Å². The van der Waals surface area contributed by atoms with Crippen LogP contribution in [0.2, 0.25) is 0 Å². The number of alkyl carbamates (subject to hydrolysis) is 1. The van der Waals surface area contributed by atoms with Gasteiger partial charge in [0, 0.05) is 18.3 Å². The van der Waals surface area contributed by atoms with Gasteiger partial charge in [0.05, 0.1) is 0 Å². The smallest absolute Gasteiger partial charge is 0.407 e. The molecule has 1 amide bonds. The summed E-state index contributed by atoms with van der Waals surface area (Å²) in [5.41, 5.74) is 3.92. The first kappa shape index (κ1) is 16.1. The van der Waals surface area contributed by atoms with Crippen LogP contribution in [0.3, 0.4) is 0 Å². The van der Waals surface area contributed by atoms with Gasteiger partial charge in [-0.2, -0.15) is 0 Å². The number of aromatic nitrogens is 1. The third kappa shape index (κ3) is 3.96. The monoisotopic (exact) mass is 322 g/mol. The van der Waals surface area contributed by atoms with Crippen molar-refractivity contribution in [1.29, 1.82) is 0 Å². The Bertz CT molecular complexity index is 859. The van der Waals surface area contributed by atoms with E-state index in [0.717, 1.165) is 22.2 Å². The Morgan fingerprint density at radius 2 is 1.88 bits per heavy atom. The van der Waals surface area contributed by atoms with Crippen molar-refractivity contribution in [2.75, 3.05) is 0 Å². The van der Waals surface area contributed by atoms with E-state index in [1.807, 2.05) is 39.1 Å². The highest BCUT2D eigenvalue weighted by Gasteiger charge is 2.15. The van der Waals surface area contributed by atoms with Crippen molar-refractivity contribution < 1.29 is 9.53 Å². The largest absolute Gasteiger partial charge is 0.444 e. The van der Waals surface area contributed by atoms with Crippen LogP contribution in [0, 0.1) is 0 Å². The third-order valence-corrected chi connectivity index (χ3v) is 3.65. The number of hydrogen-bond donors (Lipinski definition) is 2. The van der Waals surface area contributed by atoms with Crippen LogP contribution in [0.15, 0.2) is 54.7 Å². The number of carbonyl (C=O) groups excluding carboxylic acids is 1. The van der Waals surface area contributed by atoms with Gasteiger partial charge in [0.15, 0.2) is 0 Å². The van der Waals surface area contributed by atoms with E-state index in [1.165, 1.54) is 5.39 Å². The van der Waals surface area contributed by atoms with E-state index in [0.29, 0.717) is 6.54 Å². The maximum absolute atomic E-state index is 11.8. The van der Waals surface area contributed by atoms with Crippen LogP contribution in [0.1, 0.15) is 26.3 Å². The number of aromatic amines is 1. The molecule has 0 bridgehead atoms. The number of fused-ring (bicyclic) bond motifs is 1. The topological polar surface area (TPSA) is 54.1 Å². The Morgan fingerprint density at radius 3 is 2.67 bits per heavy atom. The molecule has 2 N–H and O–H groups in total. The molecule has 0 aliphatic rings. The Labute approximate surface area is 141 Å². The molecule has 4 nitrogen and oxygen atoms in total. The summed E-state index contributed by atoms with van der Waals surface area (Å²) < 4.78 is 5.26. The molecule has 0 aliphatic carbocycles. The number of ether oxygens (including phenoxy) is 1. The summed E-state index contributed by atoms with van der Waals surface area (Å²) in [7, 11) is 0. The lowest BCUT2D eigenvalue weighted by Crippen LogP contribution is -2.32. The molecule has 0 aliphatic heterocycles. The normalized spacial score (nSPS) is 11.5. The van der Waals surface area contributed by atoms with Crippen molar-refractivity contribution in [2.45, 2.75) is 32.9 Å². The summed E-state index contributed by atoms with van der Waals surface area (Å²) in [6.45, 7) is 5.99. The fourth-order valence-electron chi connectivity index (χ4n) is 2.58. The molecule has 1 aromatic heterocycles. The van der Waals surface area contributed by atoms with E-state index in [9.17, 15) is 4.79 Å². The highest BCUT2D eigenvalue weighted by Crippen LogP contribution is 2.24. The number of amides is 1. The van der Waals surface area contributed by atoms with Crippen molar-refractivity contribution in [3.8, 4) is 11.1 Å². The summed E-state index contributed by atoms with van der Waals surface area (Å²) in [6.07, 6.45) is 1.54. The molecule has 0 spiro atoms. The quantitative estimate of drug-likeness (QED) is 0.723. The van der Waals surface area contributed by atoms with Gasteiger partial charge in [0.1, 0.15) is 5.60 Å². The van der Waals surface area contributed by atoms with Gasteiger partial charge in [-0.1, -0.05) is 30.3 Å². The molecular formula is C20H22N2O2.